The molecule has 0 saturated carbocycles. The van der Waals surface area contributed by atoms with Crippen molar-refractivity contribution in [2.24, 2.45) is 0 Å². The van der Waals surface area contributed by atoms with Crippen LogP contribution in [0.4, 0.5) is 0 Å². The van der Waals surface area contributed by atoms with E-state index in [2.05, 4.69) is 159 Å². The van der Waals surface area contributed by atoms with E-state index in [-0.39, 0.29) is 5.41 Å². The Bertz CT molecular complexity index is 2320. The molecule has 0 spiro atoms. The summed E-state index contributed by atoms with van der Waals surface area (Å²) in [6, 6.07) is 42.8. The molecule has 9 rings (SSSR count). The Hall–Kier alpha value is -5.14. The van der Waals surface area contributed by atoms with Crippen LogP contribution < -0.4 is 0 Å². The number of hydrogen-bond acceptors (Lipinski definition) is 0. The Morgan fingerprint density at radius 2 is 1.32 bits per heavy atom. The molecule has 0 N–H and O–H groups in total. The highest BCUT2D eigenvalue weighted by Crippen LogP contribution is 2.51. The van der Waals surface area contributed by atoms with Crippen LogP contribution in [0.2, 0.25) is 0 Å². The van der Waals surface area contributed by atoms with Crippen LogP contribution in [0.3, 0.4) is 0 Å². The molecule has 44 heavy (non-hydrogen) atoms. The van der Waals surface area contributed by atoms with Crippen molar-refractivity contribution in [3.63, 3.8) is 0 Å². The van der Waals surface area contributed by atoms with E-state index in [4.69, 9.17) is 0 Å². The Balaban J connectivity index is 1.20. The predicted molar refractivity (Wildman–Crippen MR) is 188 cm³/mol. The molecule has 0 amide bonds. The first-order valence-corrected chi connectivity index (χ1v) is 15.7. The summed E-state index contributed by atoms with van der Waals surface area (Å²) < 4.78 is 2.40. The van der Waals surface area contributed by atoms with Gasteiger partial charge in [0.2, 0.25) is 0 Å². The normalized spacial score (nSPS) is 17.0. The van der Waals surface area contributed by atoms with Gasteiger partial charge in [-0.3, -0.25) is 0 Å². The fourth-order valence-electron chi connectivity index (χ4n) is 8.00. The number of allylic oxidation sites excluding steroid dienone is 2. The first kappa shape index (κ1) is 25.4. The summed E-state index contributed by atoms with van der Waals surface area (Å²) in [5.41, 5.74) is 15.7. The molecule has 210 valence electrons. The van der Waals surface area contributed by atoms with Gasteiger partial charge in [-0.1, -0.05) is 122 Å². The summed E-state index contributed by atoms with van der Waals surface area (Å²) in [6.07, 6.45) is 8.31. The number of aromatic nitrogens is 1. The largest absolute Gasteiger partial charge is 0.309 e. The molecular formula is C43H33N. The van der Waals surface area contributed by atoms with Crippen LogP contribution in [0, 0.1) is 13.8 Å². The van der Waals surface area contributed by atoms with Crippen LogP contribution in [0.25, 0.3) is 61.0 Å². The number of benzene rings is 6. The van der Waals surface area contributed by atoms with Gasteiger partial charge in [-0.2, -0.15) is 0 Å². The molecule has 1 unspecified atom stereocenters. The lowest BCUT2D eigenvalue weighted by molar-refractivity contribution is 0.603. The molecule has 1 aromatic heterocycles. The highest BCUT2D eigenvalue weighted by atomic mass is 15.0. The van der Waals surface area contributed by atoms with Crippen molar-refractivity contribution in [2.45, 2.75) is 32.6 Å². The Morgan fingerprint density at radius 1 is 0.659 bits per heavy atom. The van der Waals surface area contributed by atoms with E-state index in [1.807, 2.05) is 0 Å². The molecule has 2 aliphatic rings. The van der Waals surface area contributed by atoms with Gasteiger partial charge in [-0.25, -0.2) is 0 Å². The van der Waals surface area contributed by atoms with Gasteiger partial charge >= 0.3 is 0 Å². The van der Waals surface area contributed by atoms with Gasteiger partial charge in [0.1, 0.15) is 0 Å². The zero-order valence-corrected chi connectivity index (χ0v) is 25.4. The molecular weight excluding hydrogens is 530 g/mol. The van der Waals surface area contributed by atoms with E-state index in [0.29, 0.717) is 0 Å². The lowest BCUT2D eigenvalue weighted by atomic mass is 9.66. The first-order valence-electron chi connectivity index (χ1n) is 15.7. The number of rotatable bonds is 3. The SMILES string of the molecule is Cc1ccc(-c2ccc3ccc4c5c3c2C=CC5(C)CC=C4c2ccc(-n3c4ccccc4c4ccccc43)cc2)c(C)c1. The summed E-state index contributed by atoms with van der Waals surface area (Å²) in [4.78, 5) is 0. The van der Waals surface area contributed by atoms with Gasteiger partial charge in [-0.15, -0.1) is 0 Å². The summed E-state index contributed by atoms with van der Waals surface area (Å²) in [5.74, 6) is 0. The van der Waals surface area contributed by atoms with E-state index in [1.54, 1.807) is 0 Å². The number of fused-ring (bicyclic) bond motifs is 3. The molecule has 1 atom stereocenters. The van der Waals surface area contributed by atoms with Crippen LogP contribution in [-0.4, -0.2) is 4.57 Å². The third-order valence-electron chi connectivity index (χ3n) is 10.1. The van der Waals surface area contributed by atoms with Crippen LogP contribution in [-0.2, 0) is 5.41 Å². The molecule has 0 fully saturated rings. The standard InChI is InChI=1S/C43H33N/c1-27-12-19-32(28(2)26-27)34-20-15-30-16-21-38-33(22-24-43(3)25-23-37(34)41(30)42(38)43)29-13-17-31(18-14-29)44-39-10-6-4-8-35(39)36-9-5-7-11-40(36)44/h4-23,25-26H,24H2,1-3H3. The van der Waals surface area contributed by atoms with Gasteiger partial charge in [0.25, 0.3) is 0 Å². The van der Waals surface area contributed by atoms with Crippen molar-refractivity contribution >= 4 is 44.2 Å². The predicted octanol–water partition coefficient (Wildman–Crippen LogP) is 11.3. The minimum atomic E-state index is -0.0187. The smallest absolute Gasteiger partial charge is 0.0541 e. The maximum absolute atomic E-state index is 2.47. The number of para-hydroxylation sites is 2. The molecule has 1 heteroatoms. The summed E-state index contributed by atoms with van der Waals surface area (Å²) in [6.45, 7) is 6.82. The fraction of sp³-hybridized carbons (Fsp3) is 0.116. The number of aryl methyl sites for hydroxylation is 2. The van der Waals surface area contributed by atoms with Crippen LogP contribution >= 0.6 is 0 Å². The van der Waals surface area contributed by atoms with Crippen LogP contribution in [0.5, 0.6) is 0 Å². The van der Waals surface area contributed by atoms with Gasteiger partial charge < -0.3 is 4.57 Å². The van der Waals surface area contributed by atoms with E-state index in [0.717, 1.165) is 6.42 Å². The zero-order chi connectivity index (χ0) is 29.6. The lowest BCUT2D eigenvalue weighted by Crippen LogP contribution is -2.26. The van der Waals surface area contributed by atoms with Gasteiger partial charge in [0.05, 0.1) is 11.0 Å². The van der Waals surface area contributed by atoms with Gasteiger partial charge in [0, 0.05) is 21.9 Å². The summed E-state index contributed by atoms with van der Waals surface area (Å²) in [7, 11) is 0. The Labute approximate surface area is 258 Å². The maximum atomic E-state index is 2.47. The Kier molecular flexibility index (Phi) is 5.29. The Morgan fingerprint density at radius 3 is 2.02 bits per heavy atom. The highest BCUT2D eigenvalue weighted by molar-refractivity contribution is 6.09. The number of hydrogen-bond donors (Lipinski definition) is 0. The van der Waals surface area contributed by atoms with E-state index in [9.17, 15) is 0 Å². The van der Waals surface area contributed by atoms with E-state index >= 15 is 0 Å². The van der Waals surface area contributed by atoms with Crippen molar-refractivity contribution in [1.29, 1.82) is 0 Å². The third-order valence-corrected chi connectivity index (χ3v) is 10.1. The molecule has 0 radical (unpaired) electrons. The average molecular weight is 564 g/mol. The second kappa shape index (κ2) is 9.18. The number of nitrogens with zero attached hydrogens (tertiary/aromatic N) is 1. The minimum Gasteiger partial charge on any atom is -0.309 e. The molecule has 0 saturated heterocycles. The summed E-state index contributed by atoms with van der Waals surface area (Å²) in [5, 5.41) is 5.32. The van der Waals surface area contributed by atoms with Gasteiger partial charge in [0.15, 0.2) is 0 Å². The topological polar surface area (TPSA) is 4.93 Å². The second-order valence-corrected chi connectivity index (χ2v) is 12.9. The molecule has 1 heterocycles. The van der Waals surface area contributed by atoms with Crippen LogP contribution in [0.15, 0.2) is 127 Å². The molecule has 0 aliphatic heterocycles. The molecule has 2 aliphatic carbocycles. The molecule has 6 aromatic carbocycles. The monoisotopic (exact) mass is 563 g/mol. The minimum absolute atomic E-state index is 0.0187. The van der Waals surface area contributed by atoms with Gasteiger partial charge in [-0.05, 0) is 99.8 Å². The van der Waals surface area contributed by atoms with Crippen LogP contribution in [0.1, 0.15) is 46.7 Å². The molecule has 0 bridgehead atoms. The lowest BCUT2D eigenvalue weighted by Gasteiger charge is -2.37. The maximum Gasteiger partial charge on any atom is 0.0541 e. The molecule has 1 nitrogen and oxygen atoms in total. The summed E-state index contributed by atoms with van der Waals surface area (Å²) >= 11 is 0. The second-order valence-electron chi connectivity index (χ2n) is 12.9. The fourth-order valence-corrected chi connectivity index (χ4v) is 8.00. The quantitative estimate of drug-likeness (QED) is 0.201. The zero-order valence-electron chi connectivity index (χ0n) is 25.4. The average Bonchev–Trinajstić information content (AvgIpc) is 3.38. The third kappa shape index (κ3) is 3.53. The van der Waals surface area contributed by atoms with Crippen molar-refractivity contribution < 1.29 is 0 Å². The van der Waals surface area contributed by atoms with Crippen molar-refractivity contribution in [3.8, 4) is 16.8 Å². The highest BCUT2D eigenvalue weighted by Gasteiger charge is 2.35. The molecule has 7 aromatic rings. The first-order chi connectivity index (χ1) is 21.5. The van der Waals surface area contributed by atoms with E-state index in [1.165, 1.54) is 88.3 Å². The van der Waals surface area contributed by atoms with E-state index < -0.39 is 0 Å². The van der Waals surface area contributed by atoms with Crippen molar-refractivity contribution in [1.82, 2.24) is 4.57 Å². The van der Waals surface area contributed by atoms with Crippen molar-refractivity contribution in [2.75, 3.05) is 0 Å². The van der Waals surface area contributed by atoms with Crippen molar-refractivity contribution in [3.05, 3.63) is 161 Å².